The molecule has 1 heterocycles. The zero-order valence-electron chi connectivity index (χ0n) is 75.6. The fourth-order valence-electron chi connectivity index (χ4n) is 14.7. The fourth-order valence-corrected chi connectivity index (χ4v) is 14.7. The Morgan fingerprint density at radius 3 is 0.754 bits per heavy atom. The van der Waals surface area contributed by atoms with Gasteiger partial charge in [-0.05, 0) is 99.3 Å². The van der Waals surface area contributed by atoms with Gasteiger partial charge >= 0.3 is 59.8 Å². The zero-order chi connectivity index (χ0) is 98.0. The number of hydrogen-bond acceptors (Lipinski definition) is 22. The Hall–Kier alpha value is -13.2. The number of amides is 12. The smallest absolute Gasteiger partial charge is 0.326 e. The van der Waals surface area contributed by atoms with E-state index in [4.69, 9.17) is 10.2 Å². The van der Waals surface area contributed by atoms with Crippen LogP contribution in [0.15, 0.2) is 121 Å². The van der Waals surface area contributed by atoms with Crippen molar-refractivity contribution in [2.45, 2.75) is 215 Å². The molecule has 736 valence electrons. The molecule has 0 aromatic heterocycles. The van der Waals surface area contributed by atoms with Gasteiger partial charge in [-0.2, -0.15) is 0 Å². The highest BCUT2D eigenvalue weighted by Crippen LogP contribution is 2.16. The molecule has 0 spiro atoms. The van der Waals surface area contributed by atoms with Gasteiger partial charge in [0.1, 0.15) is 48.3 Å². The first-order valence-corrected chi connectivity index (χ1v) is 45.4. The van der Waals surface area contributed by atoms with Gasteiger partial charge in [0.05, 0.1) is 26.2 Å². The van der Waals surface area contributed by atoms with Gasteiger partial charge in [0.15, 0.2) is 0 Å². The summed E-state index contributed by atoms with van der Waals surface area (Å²) < 4.78 is 0. The SMILES string of the molecule is O=C(O)CCC(NC(=O)NC(CCCCNC(=O)CCCCCCCNC(=O)C(Cc1ccccc1)NC(=O)C(Cc1ccccc1)NC(=O)CN1CCN(CC(=O)O)CCN(CC(=O)NC(Cc2ccccc2)C(=O)NC(Cc2ccccc2)C(=O)NCCCCCCCC(=O)NCCCCC(NC(=O)NC(CCC(=O)O)C(=O)O)C(=O)O)CCN(CC(=O)O)CC1)C(=O)O)C(=O)O. The summed E-state index contributed by atoms with van der Waals surface area (Å²) in [6.45, 7) is 0.0848. The van der Waals surface area contributed by atoms with Gasteiger partial charge in [-0.25, -0.2) is 28.8 Å². The molecular formula is C92H132N16O26. The molecule has 8 atom stereocenters. The van der Waals surface area contributed by atoms with Crippen LogP contribution in [0.1, 0.15) is 164 Å². The molecule has 1 fully saturated rings. The average molecular weight is 1880 g/mol. The van der Waals surface area contributed by atoms with E-state index in [-0.39, 0.29) is 168 Å². The van der Waals surface area contributed by atoms with Crippen LogP contribution in [0, 0.1) is 0 Å². The minimum atomic E-state index is -1.55. The second-order valence-corrected chi connectivity index (χ2v) is 33.0. The molecule has 134 heavy (non-hydrogen) atoms. The molecule has 1 aliphatic rings. The number of carboxylic acid groups (broad SMARTS) is 8. The van der Waals surface area contributed by atoms with Crippen LogP contribution in [-0.4, -0.2) is 321 Å². The van der Waals surface area contributed by atoms with E-state index in [2.05, 4.69) is 63.8 Å². The number of unbranched alkanes of at least 4 members (excludes halogenated alkanes) is 10. The van der Waals surface area contributed by atoms with Gasteiger partial charge in [-0.15, -0.1) is 0 Å². The van der Waals surface area contributed by atoms with Crippen LogP contribution >= 0.6 is 0 Å². The van der Waals surface area contributed by atoms with E-state index in [1.165, 1.54) is 0 Å². The number of nitrogens with zero attached hydrogens (tertiary/aromatic N) is 4. The summed E-state index contributed by atoms with van der Waals surface area (Å²) >= 11 is 0. The number of rotatable bonds is 64. The van der Waals surface area contributed by atoms with E-state index >= 15 is 0 Å². The van der Waals surface area contributed by atoms with E-state index in [0.29, 0.717) is 75.3 Å². The predicted molar refractivity (Wildman–Crippen MR) is 487 cm³/mol. The molecule has 0 saturated carbocycles. The Morgan fingerprint density at radius 2 is 0.478 bits per heavy atom. The first-order valence-electron chi connectivity index (χ1n) is 45.4. The topological polar surface area (TPSA) is 626 Å². The van der Waals surface area contributed by atoms with Gasteiger partial charge in [0.25, 0.3) is 0 Å². The summed E-state index contributed by atoms with van der Waals surface area (Å²) in [7, 11) is 0. The first-order chi connectivity index (χ1) is 64.2. The minimum Gasteiger partial charge on any atom is -0.481 e. The van der Waals surface area contributed by atoms with Crippen LogP contribution in [0.5, 0.6) is 0 Å². The van der Waals surface area contributed by atoms with Crippen molar-refractivity contribution in [2.24, 2.45) is 0 Å². The molecule has 42 nitrogen and oxygen atoms in total. The van der Waals surface area contributed by atoms with Crippen molar-refractivity contribution in [2.75, 3.05) is 105 Å². The number of nitrogens with one attached hydrogen (secondary N) is 12. The second-order valence-electron chi connectivity index (χ2n) is 33.0. The quantitative estimate of drug-likeness (QED) is 0.0281. The molecule has 0 aliphatic carbocycles. The normalized spacial score (nSPS) is 14.6. The lowest BCUT2D eigenvalue weighted by Crippen LogP contribution is -2.57. The van der Waals surface area contributed by atoms with Gasteiger partial charge < -0.3 is 105 Å². The van der Waals surface area contributed by atoms with E-state index in [1.807, 2.05) is 36.4 Å². The van der Waals surface area contributed by atoms with Crippen LogP contribution in [0.2, 0.25) is 0 Å². The molecule has 42 heteroatoms. The van der Waals surface area contributed by atoms with Gasteiger partial charge in [0.2, 0.25) is 47.3 Å². The van der Waals surface area contributed by atoms with E-state index < -0.39 is 182 Å². The Labute approximate surface area is 777 Å². The maximum absolute atomic E-state index is 14.7. The molecule has 12 amide bonds. The van der Waals surface area contributed by atoms with Crippen molar-refractivity contribution in [3.05, 3.63) is 144 Å². The summed E-state index contributed by atoms with van der Waals surface area (Å²) in [6.07, 6.45) is 6.50. The number of urea groups is 2. The molecule has 0 bridgehead atoms. The van der Waals surface area contributed by atoms with Crippen LogP contribution in [0.4, 0.5) is 9.59 Å². The van der Waals surface area contributed by atoms with Crippen LogP contribution < -0.4 is 63.8 Å². The van der Waals surface area contributed by atoms with Crippen molar-refractivity contribution >= 4 is 107 Å². The Balaban J connectivity index is 1.14. The molecular weight excluding hydrogens is 1750 g/mol. The van der Waals surface area contributed by atoms with Crippen molar-refractivity contribution in [1.82, 2.24) is 83.4 Å². The highest BCUT2D eigenvalue weighted by Gasteiger charge is 2.34. The standard InChI is InChI=1S/C92H132N16O26/c109-75(93-43-25-21-35-67(87(125)126)101-91(133)103-69(89(129)130)39-41-79(113)114)37-19-3-1-5-23-45-95-83(121)71(55-63-27-11-7-12-28-63)99-85(123)73(57-65-31-15-9-16-32-65)97-77(111)59-105-47-51-107(61-81(117)118)53-49-106(50-54-108(52-48-105)62-82(119)120)60-78(112)98-74(58-66-33-17-10-18-34-66)86(124)100-72(56-64-29-13-8-14-30-64)84(122)96-46-24-6-2-4-20-38-76(110)94-44-26-22-36-68(88(127)128)102-92(134)104-70(90(131)132)40-42-80(115)116/h7-18,27-34,67-74H,1-6,19-26,35-62H2,(H,93,109)(H,94,110)(H,95,121)(H,96,122)(H,97,111)(H,98,112)(H,99,123)(H,100,124)(H,113,114)(H,115,116)(H,117,118)(H,119,120)(H,125,126)(H,127,128)(H,129,130)(H,131,132)(H2,101,103,133)(H2,102,104,134). The van der Waals surface area contributed by atoms with Crippen LogP contribution in [0.3, 0.4) is 0 Å². The Morgan fingerprint density at radius 1 is 0.231 bits per heavy atom. The maximum Gasteiger partial charge on any atom is 0.326 e. The number of benzene rings is 4. The predicted octanol–water partition coefficient (Wildman–Crippen LogP) is 1.91. The molecule has 8 unspecified atom stereocenters. The monoisotopic (exact) mass is 1880 g/mol. The lowest BCUT2D eigenvalue weighted by Gasteiger charge is -2.33. The summed E-state index contributed by atoms with van der Waals surface area (Å²) in [6, 6.07) is 23.2. The highest BCUT2D eigenvalue weighted by molar-refractivity contribution is 5.94. The molecule has 4 aromatic rings. The number of carboxylic acids is 8. The lowest BCUT2D eigenvalue weighted by molar-refractivity contribution is -0.142. The van der Waals surface area contributed by atoms with Gasteiger partial charge in [-0.1, -0.05) is 160 Å². The molecule has 0 radical (unpaired) electrons. The van der Waals surface area contributed by atoms with Crippen molar-refractivity contribution in [1.29, 1.82) is 0 Å². The van der Waals surface area contributed by atoms with E-state index in [9.17, 15) is 117 Å². The maximum atomic E-state index is 14.7. The van der Waals surface area contributed by atoms with Gasteiger partial charge in [-0.3, -0.25) is 77.1 Å². The third kappa shape index (κ3) is 49.3. The molecule has 5 rings (SSSR count). The molecule has 20 N–H and O–H groups in total. The summed E-state index contributed by atoms with van der Waals surface area (Å²) in [5, 5.41) is 108. The second kappa shape index (κ2) is 63.8. The van der Waals surface area contributed by atoms with Crippen molar-refractivity contribution in [3.63, 3.8) is 0 Å². The first kappa shape index (κ1) is 111. The number of hydrogen-bond donors (Lipinski definition) is 20. The van der Waals surface area contributed by atoms with Gasteiger partial charge in [0, 0.05) is 130 Å². The Bertz CT molecular complexity index is 4100. The number of aliphatic carboxylic acids is 8. The number of carbonyl (C=O) groups is 18. The Kier molecular flexibility index (Phi) is 53.0. The van der Waals surface area contributed by atoms with Crippen LogP contribution in [0.25, 0.3) is 0 Å². The number of carbonyl (C=O) groups excluding carboxylic acids is 10. The van der Waals surface area contributed by atoms with Crippen molar-refractivity contribution < 1.29 is 127 Å². The highest BCUT2D eigenvalue weighted by atomic mass is 16.4. The summed E-state index contributed by atoms with van der Waals surface area (Å²) in [5.41, 5.74) is 2.84. The van der Waals surface area contributed by atoms with E-state index in [1.54, 1.807) is 105 Å². The zero-order valence-corrected chi connectivity index (χ0v) is 75.6. The fraction of sp³-hybridized carbons (Fsp3) is 0.543. The lowest BCUT2D eigenvalue weighted by atomic mass is 10.0. The van der Waals surface area contributed by atoms with E-state index in [0.717, 1.165) is 24.0 Å². The minimum absolute atomic E-state index is 0.00919. The molecule has 4 aromatic carbocycles. The van der Waals surface area contributed by atoms with Crippen LogP contribution in [-0.2, 0) is 102 Å². The third-order valence-electron chi connectivity index (χ3n) is 22.0. The largest absolute Gasteiger partial charge is 0.481 e. The third-order valence-corrected chi connectivity index (χ3v) is 22.0. The molecule has 1 aliphatic heterocycles. The summed E-state index contributed by atoms with van der Waals surface area (Å²) in [4.78, 5) is 237. The summed E-state index contributed by atoms with van der Waals surface area (Å²) in [5.74, 6) is -14.5. The van der Waals surface area contributed by atoms with Crippen molar-refractivity contribution in [3.8, 4) is 0 Å². The average Bonchev–Trinajstić information content (AvgIpc) is 0.858. The molecule has 1 saturated heterocycles.